The highest BCUT2D eigenvalue weighted by atomic mass is 79.9. The van der Waals surface area contributed by atoms with E-state index in [0.717, 1.165) is 22.9 Å². The van der Waals surface area contributed by atoms with Gasteiger partial charge >= 0.3 is 0 Å². The Labute approximate surface area is 99.6 Å². The molecule has 0 radical (unpaired) electrons. The van der Waals surface area contributed by atoms with E-state index >= 15 is 0 Å². The quantitative estimate of drug-likeness (QED) is 0.843. The SMILES string of the molecule is Brc1cccc(NCC2CCCCC2)n1. The molecule has 0 unspecified atom stereocenters. The Hall–Kier alpha value is -0.570. The molecule has 2 rings (SSSR count). The first-order valence-electron chi connectivity index (χ1n) is 5.71. The fraction of sp³-hybridized carbons (Fsp3) is 0.583. The molecule has 1 fully saturated rings. The van der Waals surface area contributed by atoms with Gasteiger partial charge in [-0.2, -0.15) is 0 Å². The zero-order valence-corrected chi connectivity index (χ0v) is 10.5. The van der Waals surface area contributed by atoms with Gasteiger partial charge in [0, 0.05) is 6.54 Å². The maximum absolute atomic E-state index is 4.36. The number of hydrogen-bond donors (Lipinski definition) is 1. The third-order valence-electron chi connectivity index (χ3n) is 3.01. The summed E-state index contributed by atoms with van der Waals surface area (Å²) in [5, 5.41) is 3.41. The standard InChI is InChI=1S/C12H17BrN2/c13-11-7-4-8-12(15-11)14-9-10-5-2-1-3-6-10/h4,7-8,10H,1-3,5-6,9H2,(H,14,15). The summed E-state index contributed by atoms with van der Waals surface area (Å²) in [4.78, 5) is 4.36. The summed E-state index contributed by atoms with van der Waals surface area (Å²) < 4.78 is 0.899. The van der Waals surface area contributed by atoms with Gasteiger partial charge in [0.2, 0.25) is 0 Å². The van der Waals surface area contributed by atoms with Gasteiger partial charge in [0.25, 0.3) is 0 Å². The number of pyridine rings is 1. The maximum atomic E-state index is 4.36. The Morgan fingerprint density at radius 2 is 2.07 bits per heavy atom. The lowest BCUT2D eigenvalue weighted by Crippen LogP contribution is -2.17. The van der Waals surface area contributed by atoms with E-state index in [1.807, 2.05) is 18.2 Å². The zero-order valence-electron chi connectivity index (χ0n) is 8.88. The lowest BCUT2D eigenvalue weighted by atomic mass is 9.89. The van der Waals surface area contributed by atoms with Crippen molar-refractivity contribution in [3.8, 4) is 0 Å². The molecular formula is C12H17BrN2. The zero-order chi connectivity index (χ0) is 10.5. The van der Waals surface area contributed by atoms with Crippen LogP contribution in [0.1, 0.15) is 32.1 Å². The second kappa shape index (κ2) is 5.50. The van der Waals surface area contributed by atoms with E-state index in [-0.39, 0.29) is 0 Å². The summed E-state index contributed by atoms with van der Waals surface area (Å²) in [5.41, 5.74) is 0. The molecule has 0 atom stereocenters. The average Bonchev–Trinajstić information content (AvgIpc) is 2.28. The third kappa shape index (κ3) is 3.49. The van der Waals surface area contributed by atoms with E-state index in [2.05, 4.69) is 26.2 Å². The van der Waals surface area contributed by atoms with Crippen molar-refractivity contribution in [1.29, 1.82) is 0 Å². The number of aromatic nitrogens is 1. The van der Waals surface area contributed by atoms with Crippen molar-refractivity contribution in [2.75, 3.05) is 11.9 Å². The van der Waals surface area contributed by atoms with E-state index in [9.17, 15) is 0 Å². The number of rotatable bonds is 3. The lowest BCUT2D eigenvalue weighted by molar-refractivity contribution is 0.373. The van der Waals surface area contributed by atoms with Gasteiger partial charge in [-0.25, -0.2) is 4.98 Å². The predicted molar refractivity (Wildman–Crippen MR) is 67.0 cm³/mol. The summed E-state index contributed by atoms with van der Waals surface area (Å²) >= 11 is 3.38. The summed E-state index contributed by atoms with van der Waals surface area (Å²) in [7, 11) is 0. The van der Waals surface area contributed by atoms with Crippen LogP contribution in [0.5, 0.6) is 0 Å². The van der Waals surface area contributed by atoms with Crippen molar-refractivity contribution in [3.63, 3.8) is 0 Å². The van der Waals surface area contributed by atoms with Gasteiger partial charge in [0.15, 0.2) is 0 Å². The normalized spacial score (nSPS) is 17.7. The Bertz CT molecular complexity index is 308. The number of hydrogen-bond acceptors (Lipinski definition) is 2. The highest BCUT2D eigenvalue weighted by Gasteiger charge is 2.12. The third-order valence-corrected chi connectivity index (χ3v) is 3.45. The number of nitrogens with zero attached hydrogens (tertiary/aromatic N) is 1. The highest BCUT2D eigenvalue weighted by molar-refractivity contribution is 9.10. The molecule has 0 aromatic carbocycles. The van der Waals surface area contributed by atoms with Crippen LogP contribution in [0.2, 0.25) is 0 Å². The van der Waals surface area contributed by atoms with Gasteiger partial charge in [-0.05, 0) is 46.8 Å². The maximum Gasteiger partial charge on any atom is 0.127 e. The van der Waals surface area contributed by atoms with Crippen LogP contribution in [0.15, 0.2) is 22.8 Å². The number of halogens is 1. The molecule has 2 nitrogen and oxygen atoms in total. The van der Waals surface area contributed by atoms with Crippen LogP contribution in [0.3, 0.4) is 0 Å². The van der Waals surface area contributed by atoms with Gasteiger partial charge in [0.1, 0.15) is 10.4 Å². The Kier molecular flexibility index (Phi) is 4.01. The largest absolute Gasteiger partial charge is 0.370 e. The first-order chi connectivity index (χ1) is 7.34. The van der Waals surface area contributed by atoms with Gasteiger partial charge in [-0.3, -0.25) is 0 Å². The molecule has 82 valence electrons. The minimum atomic E-state index is 0.847. The molecule has 3 heteroatoms. The van der Waals surface area contributed by atoms with Crippen LogP contribution in [0.4, 0.5) is 5.82 Å². The lowest BCUT2D eigenvalue weighted by Gasteiger charge is -2.21. The fourth-order valence-corrected chi connectivity index (χ4v) is 2.49. The van der Waals surface area contributed by atoms with Gasteiger partial charge < -0.3 is 5.32 Å². The molecule has 1 aromatic rings. The van der Waals surface area contributed by atoms with E-state index in [1.165, 1.54) is 32.1 Å². The van der Waals surface area contributed by atoms with Crippen molar-refractivity contribution < 1.29 is 0 Å². The summed E-state index contributed by atoms with van der Waals surface area (Å²) in [6.07, 6.45) is 6.98. The molecule has 1 saturated carbocycles. The van der Waals surface area contributed by atoms with Crippen molar-refractivity contribution in [3.05, 3.63) is 22.8 Å². The molecule has 0 bridgehead atoms. The van der Waals surface area contributed by atoms with Crippen LogP contribution >= 0.6 is 15.9 Å². The van der Waals surface area contributed by atoms with Crippen LogP contribution < -0.4 is 5.32 Å². The Balaban J connectivity index is 1.81. The molecule has 1 aromatic heterocycles. The monoisotopic (exact) mass is 268 g/mol. The second-order valence-corrected chi connectivity index (χ2v) is 5.04. The summed E-state index contributed by atoms with van der Waals surface area (Å²) in [5.74, 6) is 1.83. The number of nitrogens with one attached hydrogen (secondary N) is 1. The number of anilines is 1. The average molecular weight is 269 g/mol. The molecule has 0 aliphatic heterocycles. The molecule has 0 spiro atoms. The van der Waals surface area contributed by atoms with Crippen molar-refractivity contribution >= 4 is 21.7 Å². The van der Waals surface area contributed by atoms with Gasteiger partial charge in [0.05, 0.1) is 0 Å². The molecule has 1 N–H and O–H groups in total. The van der Waals surface area contributed by atoms with E-state index in [4.69, 9.17) is 0 Å². The minimum absolute atomic E-state index is 0.847. The van der Waals surface area contributed by atoms with Gasteiger partial charge in [-0.1, -0.05) is 25.3 Å². The van der Waals surface area contributed by atoms with E-state index in [0.29, 0.717) is 0 Å². The molecule has 1 aliphatic carbocycles. The Morgan fingerprint density at radius 3 is 2.80 bits per heavy atom. The minimum Gasteiger partial charge on any atom is -0.370 e. The molecule has 1 heterocycles. The molecule has 0 amide bonds. The van der Waals surface area contributed by atoms with Crippen LogP contribution in [0, 0.1) is 5.92 Å². The van der Waals surface area contributed by atoms with Crippen molar-refractivity contribution in [2.24, 2.45) is 5.92 Å². The topological polar surface area (TPSA) is 24.9 Å². The van der Waals surface area contributed by atoms with Crippen LogP contribution in [0.25, 0.3) is 0 Å². The molecular weight excluding hydrogens is 252 g/mol. The van der Waals surface area contributed by atoms with Crippen molar-refractivity contribution in [1.82, 2.24) is 4.98 Å². The second-order valence-electron chi connectivity index (χ2n) is 4.23. The molecule has 1 aliphatic rings. The smallest absolute Gasteiger partial charge is 0.127 e. The Morgan fingerprint density at radius 1 is 1.27 bits per heavy atom. The highest BCUT2D eigenvalue weighted by Crippen LogP contribution is 2.23. The summed E-state index contributed by atoms with van der Waals surface area (Å²) in [6, 6.07) is 5.99. The van der Waals surface area contributed by atoms with E-state index < -0.39 is 0 Å². The first kappa shape index (κ1) is 10.9. The molecule has 15 heavy (non-hydrogen) atoms. The molecule has 0 saturated heterocycles. The van der Waals surface area contributed by atoms with E-state index in [1.54, 1.807) is 0 Å². The first-order valence-corrected chi connectivity index (χ1v) is 6.50. The van der Waals surface area contributed by atoms with Crippen molar-refractivity contribution in [2.45, 2.75) is 32.1 Å². The van der Waals surface area contributed by atoms with Crippen LogP contribution in [-0.4, -0.2) is 11.5 Å². The van der Waals surface area contributed by atoms with Gasteiger partial charge in [-0.15, -0.1) is 0 Å². The van der Waals surface area contributed by atoms with Crippen LogP contribution in [-0.2, 0) is 0 Å². The summed E-state index contributed by atoms with van der Waals surface area (Å²) in [6.45, 7) is 1.07. The predicted octanol–water partition coefficient (Wildman–Crippen LogP) is 3.84. The fourth-order valence-electron chi connectivity index (χ4n) is 2.15.